The molecule has 0 atom stereocenters. The van der Waals surface area contributed by atoms with E-state index in [1.54, 1.807) is 30.3 Å². The Labute approximate surface area is 158 Å². The molecule has 3 rings (SSSR count). The second-order valence-corrected chi connectivity index (χ2v) is 6.70. The SMILES string of the molecule is O=C(NC1CCN(C(=O)/C=C/c2ccccc2)CC1)c1ccccc1Cl. The third-order valence-corrected chi connectivity index (χ3v) is 4.81. The Morgan fingerprint density at radius 2 is 1.65 bits per heavy atom. The van der Waals surface area contributed by atoms with Gasteiger partial charge in [0.05, 0.1) is 10.6 Å². The Bertz CT molecular complexity index is 797. The molecule has 1 heterocycles. The third-order valence-electron chi connectivity index (χ3n) is 4.48. The Balaban J connectivity index is 1.49. The first-order chi connectivity index (χ1) is 12.6. The van der Waals surface area contributed by atoms with Gasteiger partial charge in [0.1, 0.15) is 0 Å². The van der Waals surface area contributed by atoms with Crippen LogP contribution < -0.4 is 5.32 Å². The summed E-state index contributed by atoms with van der Waals surface area (Å²) in [5, 5.41) is 3.46. The van der Waals surface area contributed by atoms with Crippen LogP contribution in [0, 0.1) is 0 Å². The van der Waals surface area contributed by atoms with Crippen LogP contribution in [0.3, 0.4) is 0 Å². The highest BCUT2D eigenvalue weighted by molar-refractivity contribution is 6.33. The zero-order chi connectivity index (χ0) is 18.4. The Morgan fingerprint density at radius 3 is 2.35 bits per heavy atom. The Morgan fingerprint density at radius 1 is 1.00 bits per heavy atom. The van der Waals surface area contributed by atoms with Crippen LogP contribution in [0.5, 0.6) is 0 Å². The molecule has 0 aromatic heterocycles. The number of piperidine rings is 1. The molecule has 0 radical (unpaired) electrons. The molecule has 0 spiro atoms. The van der Waals surface area contributed by atoms with E-state index in [1.165, 1.54) is 0 Å². The van der Waals surface area contributed by atoms with Gasteiger partial charge in [-0.2, -0.15) is 0 Å². The number of nitrogens with zero attached hydrogens (tertiary/aromatic N) is 1. The first-order valence-electron chi connectivity index (χ1n) is 8.71. The van der Waals surface area contributed by atoms with E-state index in [4.69, 9.17) is 11.6 Å². The Kier molecular flexibility index (Phi) is 6.08. The van der Waals surface area contributed by atoms with Crippen LogP contribution in [0.1, 0.15) is 28.8 Å². The highest BCUT2D eigenvalue weighted by atomic mass is 35.5. The van der Waals surface area contributed by atoms with Gasteiger partial charge in [-0.15, -0.1) is 0 Å². The first kappa shape index (κ1) is 18.2. The van der Waals surface area contributed by atoms with Gasteiger partial charge >= 0.3 is 0 Å². The van der Waals surface area contributed by atoms with E-state index in [0.717, 1.165) is 18.4 Å². The van der Waals surface area contributed by atoms with Crippen molar-refractivity contribution in [3.05, 3.63) is 76.8 Å². The molecule has 0 unspecified atom stereocenters. The summed E-state index contributed by atoms with van der Waals surface area (Å²) in [6.07, 6.45) is 4.91. The molecule has 1 aliphatic heterocycles. The molecule has 134 valence electrons. The van der Waals surface area contributed by atoms with Crippen molar-refractivity contribution in [2.45, 2.75) is 18.9 Å². The molecule has 26 heavy (non-hydrogen) atoms. The maximum Gasteiger partial charge on any atom is 0.253 e. The van der Waals surface area contributed by atoms with Crippen molar-refractivity contribution in [2.75, 3.05) is 13.1 Å². The minimum atomic E-state index is -0.163. The smallest absolute Gasteiger partial charge is 0.253 e. The summed E-state index contributed by atoms with van der Waals surface area (Å²) in [6.45, 7) is 1.26. The molecule has 1 fully saturated rings. The molecule has 5 heteroatoms. The molecule has 0 aliphatic carbocycles. The topological polar surface area (TPSA) is 49.4 Å². The summed E-state index contributed by atoms with van der Waals surface area (Å²) in [5.74, 6) is -0.158. The zero-order valence-electron chi connectivity index (χ0n) is 14.4. The van der Waals surface area contributed by atoms with E-state index in [1.807, 2.05) is 41.3 Å². The number of carbonyl (C=O) groups excluding carboxylic acids is 2. The second kappa shape index (κ2) is 8.68. The van der Waals surface area contributed by atoms with Crippen molar-refractivity contribution in [1.82, 2.24) is 10.2 Å². The van der Waals surface area contributed by atoms with Crippen molar-refractivity contribution < 1.29 is 9.59 Å². The predicted octanol–water partition coefficient (Wildman–Crippen LogP) is 3.77. The minimum Gasteiger partial charge on any atom is -0.349 e. The van der Waals surface area contributed by atoms with Gasteiger partial charge in [0, 0.05) is 25.2 Å². The number of rotatable bonds is 4. The van der Waals surface area contributed by atoms with E-state index in [9.17, 15) is 9.59 Å². The monoisotopic (exact) mass is 368 g/mol. The minimum absolute atomic E-state index is 0.00438. The predicted molar refractivity (Wildman–Crippen MR) is 104 cm³/mol. The lowest BCUT2D eigenvalue weighted by Crippen LogP contribution is -2.46. The largest absolute Gasteiger partial charge is 0.349 e. The van der Waals surface area contributed by atoms with Crippen molar-refractivity contribution in [2.24, 2.45) is 0 Å². The molecule has 2 amide bonds. The Hall–Kier alpha value is -2.59. The van der Waals surface area contributed by atoms with E-state index >= 15 is 0 Å². The fourth-order valence-corrected chi connectivity index (χ4v) is 3.21. The highest BCUT2D eigenvalue weighted by Gasteiger charge is 2.23. The fourth-order valence-electron chi connectivity index (χ4n) is 2.99. The molecule has 1 N–H and O–H groups in total. The summed E-state index contributed by atoms with van der Waals surface area (Å²) in [5.41, 5.74) is 1.49. The number of halogens is 1. The van der Waals surface area contributed by atoms with Gasteiger partial charge in [0.2, 0.25) is 5.91 Å². The average Bonchev–Trinajstić information content (AvgIpc) is 2.68. The third kappa shape index (κ3) is 4.73. The number of benzene rings is 2. The van der Waals surface area contributed by atoms with E-state index < -0.39 is 0 Å². The van der Waals surface area contributed by atoms with E-state index in [-0.39, 0.29) is 17.9 Å². The standard InChI is InChI=1S/C21H21ClN2O2/c22-19-9-5-4-8-18(19)21(26)23-17-12-14-24(15-13-17)20(25)11-10-16-6-2-1-3-7-16/h1-11,17H,12-15H2,(H,23,26)/b11-10+. The van der Waals surface area contributed by atoms with Gasteiger partial charge in [0.15, 0.2) is 0 Å². The van der Waals surface area contributed by atoms with Crippen LogP contribution >= 0.6 is 11.6 Å². The van der Waals surface area contributed by atoms with Crippen LogP contribution in [0.4, 0.5) is 0 Å². The lowest BCUT2D eigenvalue weighted by atomic mass is 10.0. The summed E-state index contributed by atoms with van der Waals surface area (Å²) in [7, 11) is 0. The zero-order valence-corrected chi connectivity index (χ0v) is 15.2. The molecule has 1 saturated heterocycles. The molecule has 1 aliphatic rings. The van der Waals surface area contributed by atoms with Crippen LogP contribution in [-0.4, -0.2) is 35.8 Å². The number of amides is 2. The van der Waals surface area contributed by atoms with Gasteiger partial charge in [-0.05, 0) is 36.6 Å². The number of hydrogen-bond acceptors (Lipinski definition) is 2. The molecular formula is C21H21ClN2O2. The fraction of sp³-hybridized carbons (Fsp3) is 0.238. The number of nitrogens with one attached hydrogen (secondary N) is 1. The highest BCUT2D eigenvalue weighted by Crippen LogP contribution is 2.17. The van der Waals surface area contributed by atoms with Crippen molar-refractivity contribution >= 4 is 29.5 Å². The van der Waals surface area contributed by atoms with Crippen LogP contribution in [0.25, 0.3) is 6.08 Å². The lowest BCUT2D eigenvalue weighted by Gasteiger charge is -2.31. The summed E-state index contributed by atoms with van der Waals surface area (Å²) in [6, 6.07) is 16.8. The first-order valence-corrected chi connectivity index (χ1v) is 9.09. The second-order valence-electron chi connectivity index (χ2n) is 6.30. The lowest BCUT2D eigenvalue weighted by molar-refractivity contribution is -0.126. The molecule has 0 saturated carbocycles. The normalized spacial score (nSPS) is 15.2. The maximum absolute atomic E-state index is 12.3. The molecule has 0 bridgehead atoms. The van der Waals surface area contributed by atoms with E-state index in [2.05, 4.69) is 5.32 Å². The number of hydrogen-bond donors (Lipinski definition) is 1. The maximum atomic E-state index is 12.3. The average molecular weight is 369 g/mol. The quantitative estimate of drug-likeness (QED) is 0.835. The summed E-state index contributed by atoms with van der Waals surface area (Å²) < 4.78 is 0. The number of carbonyl (C=O) groups is 2. The van der Waals surface area contributed by atoms with Gasteiger partial charge in [-0.3, -0.25) is 9.59 Å². The van der Waals surface area contributed by atoms with Crippen LogP contribution in [0.15, 0.2) is 60.7 Å². The van der Waals surface area contributed by atoms with E-state index in [0.29, 0.717) is 23.7 Å². The van der Waals surface area contributed by atoms with Crippen LogP contribution in [-0.2, 0) is 4.79 Å². The number of likely N-dealkylation sites (tertiary alicyclic amines) is 1. The molecule has 2 aromatic rings. The van der Waals surface area contributed by atoms with Gasteiger partial charge in [-0.25, -0.2) is 0 Å². The van der Waals surface area contributed by atoms with Gasteiger partial charge < -0.3 is 10.2 Å². The van der Waals surface area contributed by atoms with Gasteiger partial charge in [0.25, 0.3) is 5.91 Å². The summed E-state index contributed by atoms with van der Waals surface area (Å²) >= 11 is 6.07. The van der Waals surface area contributed by atoms with Crippen molar-refractivity contribution in [3.8, 4) is 0 Å². The molecule has 2 aromatic carbocycles. The van der Waals surface area contributed by atoms with Crippen molar-refractivity contribution in [3.63, 3.8) is 0 Å². The summed E-state index contributed by atoms with van der Waals surface area (Å²) in [4.78, 5) is 26.4. The van der Waals surface area contributed by atoms with Gasteiger partial charge in [-0.1, -0.05) is 54.1 Å². The van der Waals surface area contributed by atoms with Crippen molar-refractivity contribution in [1.29, 1.82) is 0 Å². The van der Waals surface area contributed by atoms with Crippen LogP contribution in [0.2, 0.25) is 5.02 Å². The molecular weight excluding hydrogens is 348 g/mol. The molecule has 4 nitrogen and oxygen atoms in total.